The van der Waals surface area contributed by atoms with Crippen LogP contribution in [0.5, 0.6) is 0 Å². The molecule has 0 bridgehead atoms. The highest BCUT2D eigenvalue weighted by molar-refractivity contribution is 4.86. The minimum absolute atomic E-state index is 0.409. The first-order valence-corrected chi connectivity index (χ1v) is 5.34. The van der Waals surface area contributed by atoms with Gasteiger partial charge in [-0.1, -0.05) is 6.92 Å². The Labute approximate surface area is 85.7 Å². The lowest BCUT2D eigenvalue weighted by atomic mass is 10.3. The average Bonchev–Trinajstić information content (AvgIpc) is 2.60. The maximum Gasteiger partial charge on any atom is 0.138 e. The summed E-state index contributed by atoms with van der Waals surface area (Å²) in [6.45, 7) is 8.47. The van der Waals surface area contributed by atoms with Crippen LogP contribution in [0.4, 0.5) is 0 Å². The molecule has 4 nitrogen and oxygen atoms in total. The van der Waals surface area contributed by atoms with Crippen LogP contribution >= 0.6 is 0 Å². The quantitative estimate of drug-likeness (QED) is 0.699. The van der Waals surface area contributed by atoms with Gasteiger partial charge in [0.15, 0.2) is 0 Å². The summed E-state index contributed by atoms with van der Waals surface area (Å²) in [4.78, 5) is 4.26. The van der Waals surface area contributed by atoms with E-state index in [9.17, 15) is 0 Å². The number of hydrogen-bond acceptors (Lipinski definition) is 3. The molecule has 0 fully saturated rings. The van der Waals surface area contributed by atoms with Crippen molar-refractivity contribution in [3.8, 4) is 0 Å². The lowest BCUT2D eigenvalue weighted by Gasteiger charge is -2.08. The van der Waals surface area contributed by atoms with Crippen LogP contribution in [0.25, 0.3) is 0 Å². The molecule has 0 atom stereocenters. The van der Waals surface area contributed by atoms with Crippen LogP contribution in [0, 0.1) is 0 Å². The second-order valence-corrected chi connectivity index (χ2v) is 3.67. The molecule has 0 aliphatic rings. The molecule has 1 aromatic rings. The Bertz CT molecular complexity index is 254. The molecular weight excluding hydrogens is 176 g/mol. The fourth-order valence-electron chi connectivity index (χ4n) is 1.43. The Hall–Kier alpha value is -0.900. The van der Waals surface area contributed by atoms with Crippen molar-refractivity contribution in [1.82, 2.24) is 20.1 Å². The maximum atomic E-state index is 4.26. The Morgan fingerprint density at radius 1 is 1.50 bits per heavy atom. The Kier molecular flexibility index (Phi) is 4.59. The fraction of sp³-hybridized carbons (Fsp3) is 0.800. The number of aromatic nitrogens is 3. The van der Waals surface area contributed by atoms with Crippen molar-refractivity contribution in [3.05, 3.63) is 12.2 Å². The van der Waals surface area contributed by atoms with E-state index in [1.54, 1.807) is 6.33 Å². The van der Waals surface area contributed by atoms with Gasteiger partial charge in [0.25, 0.3) is 0 Å². The van der Waals surface area contributed by atoms with E-state index in [0.717, 1.165) is 31.8 Å². The van der Waals surface area contributed by atoms with E-state index in [-0.39, 0.29) is 0 Å². The molecule has 14 heavy (non-hydrogen) atoms. The fourth-order valence-corrected chi connectivity index (χ4v) is 1.43. The molecule has 0 spiro atoms. The number of hydrogen-bond donors (Lipinski definition) is 1. The summed E-state index contributed by atoms with van der Waals surface area (Å²) in [5.74, 6) is 1.10. The minimum Gasteiger partial charge on any atom is -0.317 e. The smallest absolute Gasteiger partial charge is 0.138 e. The van der Waals surface area contributed by atoms with E-state index in [2.05, 4.69) is 36.2 Å². The van der Waals surface area contributed by atoms with Crippen LogP contribution in [-0.4, -0.2) is 27.9 Å². The van der Waals surface area contributed by atoms with Crippen LogP contribution in [0.2, 0.25) is 0 Å². The van der Waals surface area contributed by atoms with Crippen LogP contribution in [0.1, 0.15) is 39.1 Å². The number of rotatable bonds is 6. The van der Waals surface area contributed by atoms with E-state index >= 15 is 0 Å². The Morgan fingerprint density at radius 2 is 2.29 bits per heavy atom. The van der Waals surface area contributed by atoms with Crippen LogP contribution in [0.15, 0.2) is 6.33 Å². The number of nitrogens with one attached hydrogen (secondary N) is 1. The van der Waals surface area contributed by atoms with Crippen LogP contribution < -0.4 is 5.32 Å². The van der Waals surface area contributed by atoms with Crippen molar-refractivity contribution < 1.29 is 0 Å². The van der Waals surface area contributed by atoms with Gasteiger partial charge < -0.3 is 5.32 Å². The van der Waals surface area contributed by atoms with Gasteiger partial charge in [-0.05, 0) is 33.4 Å². The van der Waals surface area contributed by atoms with E-state index in [0.29, 0.717) is 6.04 Å². The van der Waals surface area contributed by atoms with E-state index in [1.807, 2.05) is 4.68 Å². The summed E-state index contributed by atoms with van der Waals surface area (Å²) < 4.78 is 1.99. The second kappa shape index (κ2) is 5.75. The molecule has 0 aliphatic heterocycles. The van der Waals surface area contributed by atoms with Gasteiger partial charge in [-0.2, -0.15) is 5.10 Å². The number of aryl methyl sites for hydroxylation is 1. The lowest BCUT2D eigenvalue weighted by Crippen LogP contribution is -2.16. The zero-order valence-electron chi connectivity index (χ0n) is 9.32. The first-order chi connectivity index (χ1) is 6.75. The molecule has 0 saturated carbocycles. The van der Waals surface area contributed by atoms with E-state index < -0.39 is 0 Å². The summed E-state index contributed by atoms with van der Waals surface area (Å²) in [5, 5.41) is 7.50. The van der Waals surface area contributed by atoms with Gasteiger partial charge in [-0.3, -0.25) is 0 Å². The van der Waals surface area contributed by atoms with Gasteiger partial charge in [-0.15, -0.1) is 0 Å². The topological polar surface area (TPSA) is 42.7 Å². The van der Waals surface area contributed by atoms with Crippen molar-refractivity contribution in [2.24, 2.45) is 0 Å². The molecule has 1 rings (SSSR count). The van der Waals surface area contributed by atoms with Gasteiger partial charge >= 0.3 is 0 Å². The van der Waals surface area contributed by atoms with Crippen LogP contribution in [0.3, 0.4) is 0 Å². The first-order valence-electron chi connectivity index (χ1n) is 5.34. The van der Waals surface area contributed by atoms with Crippen molar-refractivity contribution in [1.29, 1.82) is 0 Å². The third kappa shape index (κ3) is 3.10. The molecule has 80 valence electrons. The minimum atomic E-state index is 0.409. The normalized spacial score (nSPS) is 11.1. The predicted molar refractivity (Wildman–Crippen MR) is 57.3 cm³/mol. The van der Waals surface area contributed by atoms with Gasteiger partial charge in [0.1, 0.15) is 12.2 Å². The summed E-state index contributed by atoms with van der Waals surface area (Å²) in [7, 11) is 0. The third-order valence-corrected chi connectivity index (χ3v) is 2.14. The molecule has 0 saturated heterocycles. The molecule has 1 aromatic heterocycles. The Balaban J connectivity index is 2.38. The zero-order valence-corrected chi connectivity index (χ0v) is 9.32. The summed E-state index contributed by atoms with van der Waals surface area (Å²) in [5.41, 5.74) is 0. The molecule has 1 N–H and O–H groups in total. The van der Waals surface area contributed by atoms with Crippen molar-refractivity contribution >= 4 is 0 Å². The van der Waals surface area contributed by atoms with Gasteiger partial charge in [0.05, 0.1) is 0 Å². The first kappa shape index (κ1) is 11.2. The standard InChI is InChI=1S/C10H20N4/c1-4-11-7-5-6-10-12-8-13-14(10)9(2)3/h8-9,11H,4-7H2,1-3H3. The van der Waals surface area contributed by atoms with Gasteiger partial charge in [0.2, 0.25) is 0 Å². The second-order valence-electron chi connectivity index (χ2n) is 3.67. The number of nitrogens with zero attached hydrogens (tertiary/aromatic N) is 3. The van der Waals surface area contributed by atoms with E-state index in [1.165, 1.54) is 0 Å². The highest BCUT2D eigenvalue weighted by Gasteiger charge is 2.06. The summed E-state index contributed by atoms with van der Waals surface area (Å²) in [6.07, 6.45) is 3.77. The van der Waals surface area contributed by atoms with Gasteiger partial charge in [0, 0.05) is 12.5 Å². The van der Waals surface area contributed by atoms with Crippen molar-refractivity contribution in [3.63, 3.8) is 0 Å². The molecular formula is C10H20N4. The SMILES string of the molecule is CCNCCCc1ncnn1C(C)C. The van der Waals surface area contributed by atoms with Crippen LogP contribution in [-0.2, 0) is 6.42 Å². The monoisotopic (exact) mass is 196 g/mol. The average molecular weight is 196 g/mol. The summed E-state index contributed by atoms with van der Waals surface area (Å²) in [6, 6.07) is 0.409. The molecule has 0 aromatic carbocycles. The highest BCUT2D eigenvalue weighted by atomic mass is 15.3. The molecule has 0 aliphatic carbocycles. The van der Waals surface area contributed by atoms with Crippen molar-refractivity contribution in [2.75, 3.05) is 13.1 Å². The van der Waals surface area contributed by atoms with Crippen molar-refractivity contribution in [2.45, 2.75) is 39.7 Å². The predicted octanol–water partition coefficient (Wildman–Crippen LogP) is 1.40. The largest absolute Gasteiger partial charge is 0.317 e. The molecule has 0 amide bonds. The maximum absolute atomic E-state index is 4.26. The van der Waals surface area contributed by atoms with E-state index in [4.69, 9.17) is 0 Å². The zero-order chi connectivity index (χ0) is 10.4. The molecule has 0 radical (unpaired) electrons. The molecule has 0 unspecified atom stereocenters. The molecule has 4 heteroatoms. The van der Waals surface area contributed by atoms with Gasteiger partial charge in [-0.25, -0.2) is 9.67 Å². The lowest BCUT2D eigenvalue weighted by molar-refractivity contribution is 0.498. The Morgan fingerprint density at radius 3 is 2.93 bits per heavy atom. The summed E-state index contributed by atoms with van der Waals surface area (Å²) >= 11 is 0. The third-order valence-electron chi connectivity index (χ3n) is 2.14. The highest BCUT2D eigenvalue weighted by Crippen LogP contribution is 2.06. The molecule has 1 heterocycles.